The van der Waals surface area contributed by atoms with Crippen LogP contribution in [0, 0.1) is 5.92 Å². The highest BCUT2D eigenvalue weighted by molar-refractivity contribution is 7.99. The first-order chi connectivity index (χ1) is 12.9. The zero-order valence-electron chi connectivity index (χ0n) is 15.8. The van der Waals surface area contributed by atoms with Crippen molar-refractivity contribution >= 4 is 34.9 Å². The number of esters is 1. The molecule has 3 rings (SSSR count). The third-order valence-corrected chi connectivity index (χ3v) is 6.33. The lowest BCUT2D eigenvalue weighted by Crippen LogP contribution is -2.30. The van der Waals surface area contributed by atoms with E-state index in [1.165, 1.54) is 23.1 Å². The third kappa shape index (κ3) is 4.11. The summed E-state index contributed by atoms with van der Waals surface area (Å²) in [6, 6.07) is 3.84. The molecule has 0 saturated carbocycles. The molecule has 0 aliphatic carbocycles. The van der Waals surface area contributed by atoms with E-state index in [1.807, 2.05) is 24.4 Å². The number of thioether (sulfide) groups is 1. The number of anilines is 1. The van der Waals surface area contributed by atoms with E-state index >= 15 is 0 Å². The standard InChI is InChI=1S/C19H23N3O3S2/c1-5-25-18(24)13-11(4)20-16-15(14(13)12-7-6-8-26-12)17(23)22-19(21-16)27-9-10(2)3/h6-8,10,14H,5,9H2,1-4H3,(H2,20,21,22,23)/t14-/m1/s1. The SMILES string of the molecule is CCOC(=O)C1=C(C)Nc2nc(SCC(C)C)[nH]c(=O)c2[C@@H]1c1cccs1. The van der Waals surface area contributed by atoms with Crippen molar-refractivity contribution in [3.63, 3.8) is 0 Å². The molecule has 144 valence electrons. The van der Waals surface area contributed by atoms with Crippen molar-refractivity contribution in [1.82, 2.24) is 9.97 Å². The van der Waals surface area contributed by atoms with Gasteiger partial charge < -0.3 is 15.0 Å². The van der Waals surface area contributed by atoms with Crippen molar-refractivity contribution in [2.45, 2.75) is 38.8 Å². The van der Waals surface area contributed by atoms with Crippen LogP contribution in [-0.4, -0.2) is 28.3 Å². The molecule has 0 spiro atoms. The molecule has 8 heteroatoms. The van der Waals surface area contributed by atoms with Crippen LogP contribution in [0.5, 0.6) is 0 Å². The second kappa shape index (κ2) is 8.31. The van der Waals surface area contributed by atoms with Gasteiger partial charge in [0.15, 0.2) is 5.16 Å². The van der Waals surface area contributed by atoms with Crippen molar-refractivity contribution in [2.75, 3.05) is 17.7 Å². The third-order valence-electron chi connectivity index (χ3n) is 4.10. The largest absolute Gasteiger partial charge is 0.463 e. The monoisotopic (exact) mass is 405 g/mol. The number of rotatable bonds is 6. The number of hydrogen-bond donors (Lipinski definition) is 2. The molecule has 2 aromatic heterocycles. The van der Waals surface area contributed by atoms with E-state index in [-0.39, 0.29) is 12.2 Å². The second-order valence-electron chi connectivity index (χ2n) is 6.67. The summed E-state index contributed by atoms with van der Waals surface area (Å²) in [4.78, 5) is 34.0. The summed E-state index contributed by atoms with van der Waals surface area (Å²) in [5.41, 5.74) is 1.35. The van der Waals surface area contributed by atoms with E-state index < -0.39 is 11.9 Å². The van der Waals surface area contributed by atoms with Gasteiger partial charge in [0.2, 0.25) is 0 Å². The minimum Gasteiger partial charge on any atom is -0.463 e. The molecule has 27 heavy (non-hydrogen) atoms. The molecule has 0 radical (unpaired) electrons. The van der Waals surface area contributed by atoms with Crippen molar-refractivity contribution in [1.29, 1.82) is 0 Å². The van der Waals surface area contributed by atoms with Crippen LogP contribution in [0.2, 0.25) is 0 Å². The molecular formula is C19H23N3O3S2. The minimum atomic E-state index is -0.485. The van der Waals surface area contributed by atoms with Gasteiger partial charge in [-0.05, 0) is 31.2 Å². The molecule has 3 heterocycles. The summed E-state index contributed by atoms with van der Waals surface area (Å²) in [6.45, 7) is 8.10. The number of nitrogens with one attached hydrogen (secondary N) is 2. The Morgan fingerprint density at radius 3 is 2.85 bits per heavy atom. The van der Waals surface area contributed by atoms with Gasteiger partial charge in [-0.25, -0.2) is 9.78 Å². The molecular weight excluding hydrogens is 382 g/mol. The van der Waals surface area contributed by atoms with Crippen LogP contribution in [0.4, 0.5) is 5.82 Å². The number of carbonyl (C=O) groups is 1. The van der Waals surface area contributed by atoms with Gasteiger partial charge in [-0.3, -0.25) is 4.79 Å². The number of fused-ring (bicyclic) bond motifs is 1. The first-order valence-corrected chi connectivity index (χ1v) is 10.7. The number of allylic oxidation sites excluding steroid dienone is 1. The van der Waals surface area contributed by atoms with Crippen LogP contribution in [0.25, 0.3) is 0 Å². The van der Waals surface area contributed by atoms with Crippen LogP contribution in [-0.2, 0) is 9.53 Å². The Balaban J connectivity index is 2.11. The van der Waals surface area contributed by atoms with Gasteiger partial charge in [0.25, 0.3) is 5.56 Å². The lowest BCUT2D eigenvalue weighted by atomic mass is 9.86. The number of H-pyrrole nitrogens is 1. The van der Waals surface area contributed by atoms with Crippen molar-refractivity contribution in [3.8, 4) is 0 Å². The van der Waals surface area contributed by atoms with Gasteiger partial charge >= 0.3 is 5.97 Å². The summed E-state index contributed by atoms with van der Waals surface area (Å²) in [7, 11) is 0. The summed E-state index contributed by atoms with van der Waals surface area (Å²) in [5, 5.41) is 5.66. The fraction of sp³-hybridized carbons (Fsp3) is 0.421. The zero-order chi connectivity index (χ0) is 19.6. The van der Waals surface area contributed by atoms with Crippen LogP contribution in [0.1, 0.15) is 44.1 Å². The van der Waals surface area contributed by atoms with Crippen molar-refractivity contribution in [2.24, 2.45) is 5.92 Å². The molecule has 0 aromatic carbocycles. The number of aromatic nitrogens is 2. The Morgan fingerprint density at radius 2 is 2.22 bits per heavy atom. The number of nitrogens with zero attached hydrogens (tertiary/aromatic N) is 1. The van der Waals surface area contributed by atoms with E-state index in [1.54, 1.807) is 6.92 Å². The average Bonchev–Trinajstić information content (AvgIpc) is 3.13. The van der Waals surface area contributed by atoms with Gasteiger partial charge in [-0.2, -0.15) is 0 Å². The molecule has 2 aromatic rings. The molecule has 0 saturated heterocycles. The van der Waals surface area contributed by atoms with Crippen molar-refractivity contribution in [3.05, 3.63) is 49.6 Å². The number of ether oxygens (including phenoxy) is 1. The number of hydrogen-bond acceptors (Lipinski definition) is 7. The Labute approximate surface area is 166 Å². The number of thiophene rings is 1. The fourth-order valence-corrected chi connectivity index (χ4v) is 4.62. The van der Waals surface area contributed by atoms with Crippen LogP contribution in [0.15, 0.2) is 38.7 Å². The second-order valence-corrected chi connectivity index (χ2v) is 8.66. The van der Waals surface area contributed by atoms with Gasteiger partial charge in [0.1, 0.15) is 5.82 Å². The summed E-state index contributed by atoms with van der Waals surface area (Å²) < 4.78 is 5.25. The predicted octanol–water partition coefficient (Wildman–Crippen LogP) is 3.97. The lowest BCUT2D eigenvalue weighted by molar-refractivity contribution is -0.138. The zero-order valence-corrected chi connectivity index (χ0v) is 17.4. The quantitative estimate of drug-likeness (QED) is 0.430. The Bertz CT molecular complexity index is 917. The normalized spacial score (nSPS) is 16.3. The van der Waals surface area contributed by atoms with Crippen molar-refractivity contribution < 1.29 is 9.53 Å². The lowest BCUT2D eigenvalue weighted by Gasteiger charge is -2.27. The highest BCUT2D eigenvalue weighted by Gasteiger charge is 2.36. The van der Waals surface area contributed by atoms with Gasteiger partial charge in [-0.1, -0.05) is 31.7 Å². The highest BCUT2D eigenvalue weighted by atomic mass is 32.2. The maximum absolute atomic E-state index is 12.9. The molecule has 0 bridgehead atoms. The summed E-state index contributed by atoms with van der Waals surface area (Å²) in [6.07, 6.45) is 0. The van der Waals surface area contributed by atoms with Gasteiger partial charge in [0, 0.05) is 16.3 Å². The highest BCUT2D eigenvalue weighted by Crippen LogP contribution is 2.41. The van der Waals surface area contributed by atoms with E-state index in [0.29, 0.717) is 33.7 Å². The molecule has 1 aliphatic rings. The van der Waals surface area contributed by atoms with E-state index in [9.17, 15) is 9.59 Å². The van der Waals surface area contributed by atoms with Gasteiger partial charge in [0.05, 0.1) is 23.7 Å². The Hall–Kier alpha value is -2.06. The number of carbonyl (C=O) groups excluding carboxylic acids is 1. The molecule has 1 aliphatic heterocycles. The van der Waals surface area contributed by atoms with Crippen LogP contribution < -0.4 is 10.9 Å². The molecule has 0 unspecified atom stereocenters. The average molecular weight is 406 g/mol. The topological polar surface area (TPSA) is 84.1 Å². The van der Waals surface area contributed by atoms with E-state index in [0.717, 1.165) is 10.6 Å². The fourth-order valence-electron chi connectivity index (χ4n) is 2.96. The maximum Gasteiger partial charge on any atom is 0.336 e. The predicted molar refractivity (Wildman–Crippen MR) is 110 cm³/mol. The molecule has 1 atom stereocenters. The molecule has 2 N–H and O–H groups in total. The summed E-state index contributed by atoms with van der Waals surface area (Å²) >= 11 is 3.02. The molecule has 0 amide bonds. The number of aromatic amines is 1. The smallest absolute Gasteiger partial charge is 0.336 e. The van der Waals surface area contributed by atoms with Gasteiger partial charge in [-0.15, -0.1) is 11.3 Å². The Kier molecular flexibility index (Phi) is 6.06. The van der Waals surface area contributed by atoms with Crippen LogP contribution in [0.3, 0.4) is 0 Å². The van der Waals surface area contributed by atoms with E-state index in [4.69, 9.17) is 4.74 Å². The molecule has 0 fully saturated rings. The Morgan fingerprint density at radius 1 is 1.44 bits per heavy atom. The minimum absolute atomic E-state index is 0.230. The molecule has 6 nitrogen and oxygen atoms in total. The summed E-state index contributed by atoms with van der Waals surface area (Å²) in [5.74, 6) is 0.956. The first kappa shape index (κ1) is 19.7. The maximum atomic E-state index is 12.9. The van der Waals surface area contributed by atoms with E-state index in [2.05, 4.69) is 29.1 Å². The van der Waals surface area contributed by atoms with Crippen LogP contribution >= 0.6 is 23.1 Å². The first-order valence-electron chi connectivity index (χ1n) is 8.87.